The molecule has 1 amide bonds. The zero-order valence-corrected chi connectivity index (χ0v) is 12.5. The van der Waals surface area contributed by atoms with E-state index < -0.39 is 5.97 Å². The van der Waals surface area contributed by atoms with Crippen LogP contribution in [0, 0.1) is 11.8 Å². The van der Waals surface area contributed by atoms with E-state index in [-0.39, 0.29) is 17.7 Å². The molecule has 1 N–H and O–H groups in total. The number of amides is 1. The first-order valence-electron chi connectivity index (χ1n) is 7.72. The van der Waals surface area contributed by atoms with Gasteiger partial charge < -0.3 is 10.0 Å². The first-order valence-corrected chi connectivity index (χ1v) is 7.72. The number of unbranched alkanes of at least 4 members (excludes halogenated alkanes) is 1. The molecule has 1 fully saturated rings. The fourth-order valence-corrected chi connectivity index (χ4v) is 2.94. The van der Waals surface area contributed by atoms with Gasteiger partial charge in [0.1, 0.15) is 0 Å². The fraction of sp³-hybridized carbons (Fsp3) is 0.529. The molecule has 1 aromatic rings. The summed E-state index contributed by atoms with van der Waals surface area (Å²) in [7, 11) is 0. The molecule has 0 radical (unpaired) electrons. The number of carbonyl (C=O) groups excluding carboxylic acids is 1. The molecule has 2 rings (SSSR count). The maximum atomic E-state index is 12.8. The minimum absolute atomic E-state index is 0.0819. The standard InChI is InChI=1S/C17H23NO3/c1-2-3-11-18(15-7-5-4-6-8-15)16(19)13-9-10-14(12-13)17(20)21/h4-8,13-14H,2-3,9-12H2,1H3,(H,20,21). The molecule has 1 aliphatic carbocycles. The summed E-state index contributed by atoms with van der Waals surface area (Å²) in [6.07, 6.45) is 3.76. The van der Waals surface area contributed by atoms with E-state index in [4.69, 9.17) is 5.11 Å². The molecule has 2 unspecified atom stereocenters. The van der Waals surface area contributed by atoms with Gasteiger partial charge in [-0.15, -0.1) is 0 Å². The van der Waals surface area contributed by atoms with Crippen LogP contribution in [0.2, 0.25) is 0 Å². The molecule has 1 aliphatic rings. The molecule has 114 valence electrons. The number of nitrogens with zero attached hydrogens (tertiary/aromatic N) is 1. The van der Waals surface area contributed by atoms with E-state index >= 15 is 0 Å². The molecule has 1 saturated carbocycles. The van der Waals surface area contributed by atoms with Crippen molar-refractivity contribution in [2.75, 3.05) is 11.4 Å². The van der Waals surface area contributed by atoms with Crippen LogP contribution in [-0.2, 0) is 9.59 Å². The molecule has 0 heterocycles. The Kier molecular flexibility index (Phi) is 5.37. The summed E-state index contributed by atoms with van der Waals surface area (Å²) < 4.78 is 0. The van der Waals surface area contributed by atoms with Gasteiger partial charge in [-0.25, -0.2) is 0 Å². The minimum Gasteiger partial charge on any atom is -0.481 e. The Bertz CT molecular complexity index is 486. The number of hydrogen-bond acceptors (Lipinski definition) is 2. The van der Waals surface area contributed by atoms with E-state index in [2.05, 4.69) is 6.92 Å². The average Bonchev–Trinajstić information content (AvgIpc) is 2.98. The lowest BCUT2D eigenvalue weighted by atomic mass is 10.0. The van der Waals surface area contributed by atoms with Crippen LogP contribution in [0.15, 0.2) is 30.3 Å². The summed E-state index contributed by atoms with van der Waals surface area (Å²) in [4.78, 5) is 25.6. The third kappa shape index (κ3) is 3.84. The number of anilines is 1. The average molecular weight is 289 g/mol. The first kappa shape index (κ1) is 15.5. The maximum absolute atomic E-state index is 12.8. The molecule has 0 aromatic heterocycles. The van der Waals surface area contributed by atoms with Gasteiger partial charge in [0.05, 0.1) is 5.92 Å². The van der Waals surface area contributed by atoms with Gasteiger partial charge in [0.2, 0.25) is 5.91 Å². The lowest BCUT2D eigenvalue weighted by Crippen LogP contribution is -2.36. The Morgan fingerprint density at radius 1 is 1.19 bits per heavy atom. The van der Waals surface area contributed by atoms with Gasteiger partial charge in [0.25, 0.3) is 0 Å². The van der Waals surface area contributed by atoms with E-state index in [0.717, 1.165) is 18.5 Å². The predicted molar refractivity (Wildman–Crippen MR) is 82.2 cm³/mol. The molecule has 21 heavy (non-hydrogen) atoms. The van der Waals surface area contributed by atoms with Crippen LogP contribution in [-0.4, -0.2) is 23.5 Å². The van der Waals surface area contributed by atoms with Crippen LogP contribution in [0.4, 0.5) is 5.69 Å². The summed E-state index contributed by atoms with van der Waals surface area (Å²) in [5, 5.41) is 9.08. The maximum Gasteiger partial charge on any atom is 0.306 e. The Morgan fingerprint density at radius 3 is 2.43 bits per heavy atom. The van der Waals surface area contributed by atoms with Crippen molar-refractivity contribution in [3.8, 4) is 0 Å². The minimum atomic E-state index is -0.773. The third-order valence-corrected chi connectivity index (χ3v) is 4.20. The molecule has 2 atom stereocenters. The number of aliphatic carboxylic acids is 1. The monoisotopic (exact) mass is 289 g/mol. The molecule has 0 bridgehead atoms. The van der Waals surface area contributed by atoms with Crippen molar-refractivity contribution >= 4 is 17.6 Å². The van der Waals surface area contributed by atoms with Gasteiger partial charge in [-0.2, -0.15) is 0 Å². The van der Waals surface area contributed by atoms with E-state index in [0.29, 0.717) is 25.8 Å². The number of hydrogen-bond donors (Lipinski definition) is 1. The van der Waals surface area contributed by atoms with Crippen LogP contribution in [0.25, 0.3) is 0 Å². The zero-order chi connectivity index (χ0) is 15.2. The molecule has 0 saturated heterocycles. The smallest absolute Gasteiger partial charge is 0.306 e. The van der Waals surface area contributed by atoms with Gasteiger partial charge in [0.15, 0.2) is 0 Å². The first-order chi connectivity index (χ1) is 10.1. The van der Waals surface area contributed by atoms with Crippen molar-refractivity contribution in [2.24, 2.45) is 11.8 Å². The molecule has 4 nitrogen and oxygen atoms in total. The topological polar surface area (TPSA) is 57.6 Å². The molecular weight excluding hydrogens is 266 g/mol. The molecule has 0 aliphatic heterocycles. The second kappa shape index (κ2) is 7.25. The van der Waals surface area contributed by atoms with E-state index in [1.807, 2.05) is 35.2 Å². The molecule has 1 aromatic carbocycles. The number of para-hydroxylation sites is 1. The highest BCUT2D eigenvalue weighted by molar-refractivity contribution is 5.95. The van der Waals surface area contributed by atoms with Crippen LogP contribution in [0.5, 0.6) is 0 Å². The summed E-state index contributed by atoms with van der Waals surface area (Å²) in [6.45, 7) is 2.80. The van der Waals surface area contributed by atoms with E-state index in [1.165, 1.54) is 0 Å². The van der Waals surface area contributed by atoms with Crippen LogP contribution < -0.4 is 4.90 Å². The van der Waals surface area contributed by atoms with Crippen LogP contribution in [0.1, 0.15) is 39.0 Å². The predicted octanol–water partition coefficient (Wildman–Crippen LogP) is 3.32. The largest absolute Gasteiger partial charge is 0.481 e. The van der Waals surface area contributed by atoms with Crippen molar-refractivity contribution in [1.82, 2.24) is 0 Å². The highest BCUT2D eigenvalue weighted by atomic mass is 16.4. The SMILES string of the molecule is CCCCN(C(=O)C1CCC(C(=O)O)C1)c1ccccc1. The number of carboxylic acid groups (broad SMARTS) is 1. The van der Waals surface area contributed by atoms with Crippen molar-refractivity contribution in [3.05, 3.63) is 30.3 Å². The Balaban J connectivity index is 2.10. The van der Waals surface area contributed by atoms with Crippen molar-refractivity contribution < 1.29 is 14.7 Å². The van der Waals surface area contributed by atoms with Gasteiger partial charge in [-0.3, -0.25) is 9.59 Å². The molecular formula is C17H23NO3. The van der Waals surface area contributed by atoms with Gasteiger partial charge >= 0.3 is 5.97 Å². The van der Waals surface area contributed by atoms with Gasteiger partial charge in [-0.1, -0.05) is 31.5 Å². The van der Waals surface area contributed by atoms with E-state index in [9.17, 15) is 9.59 Å². The second-order valence-electron chi connectivity index (χ2n) is 5.72. The number of carbonyl (C=O) groups is 2. The molecule has 0 spiro atoms. The summed E-state index contributed by atoms with van der Waals surface area (Å²) in [5.41, 5.74) is 0.912. The quantitative estimate of drug-likeness (QED) is 0.874. The Hall–Kier alpha value is -1.84. The molecule has 4 heteroatoms. The van der Waals surface area contributed by atoms with E-state index in [1.54, 1.807) is 0 Å². The number of carboxylic acids is 1. The Morgan fingerprint density at radius 2 is 1.86 bits per heavy atom. The summed E-state index contributed by atoms with van der Waals surface area (Å²) in [6, 6.07) is 9.67. The highest BCUT2D eigenvalue weighted by Gasteiger charge is 2.36. The lowest BCUT2D eigenvalue weighted by molar-refractivity contribution is -0.141. The Labute approximate surface area is 125 Å². The lowest BCUT2D eigenvalue weighted by Gasteiger charge is -2.25. The van der Waals surface area contributed by atoms with Gasteiger partial charge in [0, 0.05) is 18.2 Å². The van der Waals surface area contributed by atoms with Crippen LogP contribution >= 0.6 is 0 Å². The number of rotatable bonds is 6. The third-order valence-electron chi connectivity index (χ3n) is 4.20. The van der Waals surface area contributed by atoms with Crippen molar-refractivity contribution in [1.29, 1.82) is 0 Å². The fourth-order valence-electron chi connectivity index (χ4n) is 2.94. The van der Waals surface area contributed by atoms with Crippen molar-refractivity contribution in [2.45, 2.75) is 39.0 Å². The van der Waals surface area contributed by atoms with Crippen molar-refractivity contribution in [3.63, 3.8) is 0 Å². The number of benzene rings is 1. The highest BCUT2D eigenvalue weighted by Crippen LogP contribution is 2.33. The summed E-state index contributed by atoms with van der Waals surface area (Å²) >= 11 is 0. The van der Waals surface area contributed by atoms with Crippen LogP contribution in [0.3, 0.4) is 0 Å². The normalized spacial score (nSPS) is 21.2. The zero-order valence-electron chi connectivity index (χ0n) is 12.5. The van der Waals surface area contributed by atoms with Gasteiger partial charge in [-0.05, 0) is 37.8 Å². The second-order valence-corrected chi connectivity index (χ2v) is 5.72. The summed E-state index contributed by atoms with van der Waals surface area (Å²) in [5.74, 6) is -1.20.